The highest BCUT2D eigenvalue weighted by Gasteiger charge is 2.46. The Morgan fingerprint density at radius 3 is 2.44 bits per heavy atom. The van der Waals surface area contributed by atoms with Gasteiger partial charge in [0.05, 0.1) is 5.92 Å². The lowest BCUT2D eigenvalue weighted by Crippen LogP contribution is -2.52. The van der Waals surface area contributed by atoms with E-state index < -0.39 is 5.97 Å². The van der Waals surface area contributed by atoms with Crippen LogP contribution in [-0.2, 0) is 9.59 Å². The van der Waals surface area contributed by atoms with Crippen LogP contribution in [0.3, 0.4) is 0 Å². The Labute approximate surface area is 109 Å². The van der Waals surface area contributed by atoms with Crippen molar-refractivity contribution in [3.63, 3.8) is 0 Å². The SMILES string of the molecule is CCCC(=O)NC1CCC(C(=O)O)C(C)(C)C1C. The van der Waals surface area contributed by atoms with Crippen LogP contribution in [0.4, 0.5) is 0 Å². The number of nitrogens with one attached hydrogen (secondary N) is 1. The molecule has 1 fully saturated rings. The van der Waals surface area contributed by atoms with Gasteiger partial charge in [-0.15, -0.1) is 0 Å². The number of rotatable bonds is 4. The summed E-state index contributed by atoms with van der Waals surface area (Å²) in [6, 6.07) is 0.106. The normalized spacial score (nSPS) is 30.8. The summed E-state index contributed by atoms with van der Waals surface area (Å²) in [6.45, 7) is 8.02. The van der Waals surface area contributed by atoms with E-state index in [-0.39, 0.29) is 29.2 Å². The maximum absolute atomic E-state index is 11.7. The Morgan fingerprint density at radius 2 is 1.94 bits per heavy atom. The molecule has 1 amide bonds. The molecule has 18 heavy (non-hydrogen) atoms. The molecule has 0 saturated heterocycles. The van der Waals surface area contributed by atoms with Gasteiger partial charge in [-0.3, -0.25) is 9.59 Å². The number of aliphatic carboxylic acids is 1. The molecular weight excluding hydrogens is 230 g/mol. The maximum atomic E-state index is 11.7. The summed E-state index contributed by atoms with van der Waals surface area (Å²) in [5.41, 5.74) is -0.283. The predicted octanol–water partition coefficient (Wildman–Crippen LogP) is 2.43. The van der Waals surface area contributed by atoms with E-state index in [1.54, 1.807) is 0 Å². The Balaban J connectivity index is 2.72. The van der Waals surface area contributed by atoms with Gasteiger partial charge in [-0.25, -0.2) is 0 Å². The molecular formula is C14H25NO3. The number of amides is 1. The first-order valence-corrected chi connectivity index (χ1v) is 6.82. The van der Waals surface area contributed by atoms with Gasteiger partial charge in [-0.05, 0) is 30.6 Å². The fourth-order valence-electron chi connectivity index (χ4n) is 2.95. The lowest BCUT2D eigenvalue weighted by molar-refractivity contribution is -0.150. The summed E-state index contributed by atoms with van der Waals surface area (Å²) in [5.74, 6) is -0.774. The smallest absolute Gasteiger partial charge is 0.307 e. The first-order chi connectivity index (χ1) is 8.30. The highest BCUT2D eigenvalue weighted by Crippen LogP contribution is 2.45. The van der Waals surface area contributed by atoms with Crippen LogP contribution in [0.2, 0.25) is 0 Å². The third-order valence-corrected chi connectivity index (χ3v) is 4.56. The minimum absolute atomic E-state index is 0.0823. The molecule has 1 aliphatic rings. The van der Waals surface area contributed by atoms with Crippen molar-refractivity contribution in [2.24, 2.45) is 17.3 Å². The van der Waals surface area contributed by atoms with Crippen LogP contribution in [0.15, 0.2) is 0 Å². The third kappa shape index (κ3) is 3.03. The quantitative estimate of drug-likeness (QED) is 0.810. The lowest BCUT2D eigenvalue weighted by Gasteiger charge is -2.46. The van der Waals surface area contributed by atoms with Crippen molar-refractivity contribution in [3.8, 4) is 0 Å². The third-order valence-electron chi connectivity index (χ3n) is 4.56. The molecule has 0 heterocycles. The van der Waals surface area contributed by atoms with E-state index in [1.165, 1.54) is 0 Å². The lowest BCUT2D eigenvalue weighted by atomic mass is 9.61. The minimum atomic E-state index is -0.717. The van der Waals surface area contributed by atoms with Crippen LogP contribution in [0.5, 0.6) is 0 Å². The fraction of sp³-hybridized carbons (Fsp3) is 0.857. The molecule has 2 N–H and O–H groups in total. The molecule has 4 heteroatoms. The van der Waals surface area contributed by atoms with E-state index in [1.807, 2.05) is 27.7 Å². The Morgan fingerprint density at radius 1 is 1.33 bits per heavy atom. The van der Waals surface area contributed by atoms with Gasteiger partial charge >= 0.3 is 5.97 Å². The van der Waals surface area contributed by atoms with E-state index in [9.17, 15) is 14.7 Å². The Bertz CT molecular complexity index is 325. The van der Waals surface area contributed by atoms with Crippen molar-refractivity contribution in [1.29, 1.82) is 0 Å². The second kappa shape index (κ2) is 5.72. The van der Waals surface area contributed by atoms with E-state index in [0.717, 1.165) is 12.8 Å². The molecule has 1 saturated carbocycles. The fourth-order valence-corrected chi connectivity index (χ4v) is 2.95. The molecule has 0 spiro atoms. The highest BCUT2D eigenvalue weighted by molar-refractivity contribution is 5.76. The second-order valence-corrected chi connectivity index (χ2v) is 6.00. The highest BCUT2D eigenvalue weighted by atomic mass is 16.4. The van der Waals surface area contributed by atoms with Gasteiger partial charge in [0.25, 0.3) is 0 Å². The number of carbonyl (C=O) groups excluding carboxylic acids is 1. The van der Waals surface area contributed by atoms with Crippen LogP contribution in [0.1, 0.15) is 53.4 Å². The number of hydrogen-bond acceptors (Lipinski definition) is 2. The molecule has 0 aromatic rings. The van der Waals surface area contributed by atoms with Gasteiger partial charge < -0.3 is 10.4 Å². The molecule has 3 atom stereocenters. The molecule has 0 aromatic carbocycles. The van der Waals surface area contributed by atoms with E-state index in [2.05, 4.69) is 5.32 Å². The second-order valence-electron chi connectivity index (χ2n) is 6.00. The average Bonchev–Trinajstić information content (AvgIpc) is 2.24. The number of carbonyl (C=O) groups is 2. The molecule has 4 nitrogen and oxygen atoms in total. The molecule has 0 aromatic heterocycles. The number of carboxylic acid groups (broad SMARTS) is 1. The topological polar surface area (TPSA) is 66.4 Å². The summed E-state index contributed by atoms with van der Waals surface area (Å²) in [6.07, 6.45) is 2.79. The van der Waals surface area contributed by atoms with Crippen LogP contribution in [0, 0.1) is 17.3 Å². The van der Waals surface area contributed by atoms with Gasteiger partial charge in [0.1, 0.15) is 0 Å². The maximum Gasteiger partial charge on any atom is 0.307 e. The van der Waals surface area contributed by atoms with Gasteiger partial charge in [-0.1, -0.05) is 27.7 Å². The Hall–Kier alpha value is -1.06. The molecule has 3 unspecified atom stereocenters. The average molecular weight is 255 g/mol. The van der Waals surface area contributed by atoms with Crippen molar-refractivity contribution in [1.82, 2.24) is 5.32 Å². The Kier molecular flexibility index (Phi) is 4.77. The summed E-state index contributed by atoms with van der Waals surface area (Å²) >= 11 is 0. The minimum Gasteiger partial charge on any atom is -0.481 e. The van der Waals surface area contributed by atoms with Gasteiger partial charge in [-0.2, -0.15) is 0 Å². The molecule has 104 valence electrons. The monoisotopic (exact) mass is 255 g/mol. The first-order valence-electron chi connectivity index (χ1n) is 6.82. The van der Waals surface area contributed by atoms with E-state index in [0.29, 0.717) is 12.8 Å². The molecule has 1 rings (SSSR count). The first kappa shape index (κ1) is 15.0. The zero-order valence-corrected chi connectivity index (χ0v) is 11.8. The van der Waals surface area contributed by atoms with Gasteiger partial charge in [0.15, 0.2) is 0 Å². The molecule has 1 aliphatic carbocycles. The number of carboxylic acids is 1. The van der Waals surface area contributed by atoms with Crippen molar-refractivity contribution >= 4 is 11.9 Å². The van der Waals surface area contributed by atoms with Crippen LogP contribution < -0.4 is 5.32 Å². The van der Waals surface area contributed by atoms with Crippen molar-refractivity contribution < 1.29 is 14.7 Å². The molecule has 0 bridgehead atoms. The summed E-state index contributed by atoms with van der Waals surface area (Å²) in [4.78, 5) is 22.9. The van der Waals surface area contributed by atoms with Crippen LogP contribution in [-0.4, -0.2) is 23.0 Å². The van der Waals surface area contributed by atoms with Gasteiger partial charge in [0, 0.05) is 12.5 Å². The predicted molar refractivity (Wildman–Crippen MR) is 70.1 cm³/mol. The zero-order valence-electron chi connectivity index (χ0n) is 11.8. The van der Waals surface area contributed by atoms with Crippen molar-refractivity contribution in [2.75, 3.05) is 0 Å². The number of hydrogen-bond donors (Lipinski definition) is 2. The summed E-state index contributed by atoms with van der Waals surface area (Å²) in [5, 5.41) is 12.3. The van der Waals surface area contributed by atoms with E-state index in [4.69, 9.17) is 0 Å². The van der Waals surface area contributed by atoms with Crippen molar-refractivity contribution in [3.05, 3.63) is 0 Å². The standard InChI is InChI=1S/C14H25NO3/c1-5-6-12(16)15-11-8-7-10(13(17)18)14(3,4)9(11)2/h9-11H,5-8H2,1-4H3,(H,15,16)(H,17,18). The summed E-state index contributed by atoms with van der Waals surface area (Å²) in [7, 11) is 0. The van der Waals surface area contributed by atoms with Crippen LogP contribution >= 0.6 is 0 Å². The van der Waals surface area contributed by atoms with E-state index >= 15 is 0 Å². The molecule has 0 radical (unpaired) electrons. The van der Waals surface area contributed by atoms with Crippen LogP contribution in [0.25, 0.3) is 0 Å². The van der Waals surface area contributed by atoms with Crippen molar-refractivity contribution in [2.45, 2.75) is 59.4 Å². The van der Waals surface area contributed by atoms with Gasteiger partial charge in [0.2, 0.25) is 5.91 Å². The zero-order chi connectivity index (χ0) is 13.9. The summed E-state index contributed by atoms with van der Waals surface area (Å²) < 4.78 is 0. The largest absolute Gasteiger partial charge is 0.481 e. The molecule has 0 aliphatic heterocycles.